The number of halogens is 1. The maximum Gasteiger partial charge on any atom is 0.344 e. The summed E-state index contributed by atoms with van der Waals surface area (Å²) in [5, 5.41) is 2.46. The van der Waals surface area contributed by atoms with E-state index in [0.29, 0.717) is 17.0 Å². The minimum atomic E-state index is -0.662. The molecule has 0 aliphatic rings. The fourth-order valence-electron chi connectivity index (χ4n) is 2.15. The second-order valence-electron chi connectivity index (χ2n) is 5.73. The summed E-state index contributed by atoms with van der Waals surface area (Å²) in [4.78, 5) is 23.4. The minimum Gasteiger partial charge on any atom is -0.482 e. The topological polar surface area (TPSA) is 64.6 Å². The molecule has 2 aromatic rings. The molecule has 0 aliphatic carbocycles. The number of hydrogen-bond donors (Lipinski definition) is 1. The van der Waals surface area contributed by atoms with Crippen molar-refractivity contribution in [3.8, 4) is 5.75 Å². The second-order valence-corrected chi connectivity index (χ2v) is 5.73. The highest BCUT2D eigenvalue weighted by atomic mass is 19.1. The minimum absolute atomic E-state index is 0.295. The molecular weight excluding hydrogens is 325 g/mol. The van der Waals surface area contributed by atoms with Gasteiger partial charge in [0.1, 0.15) is 11.6 Å². The Hall–Kier alpha value is -2.89. The first-order valence-corrected chi connectivity index (χ1v) is 7.77. The van der Waals surface area contributed by atoms with Gasteiger partial charge in [0.15, 0.2) is 13.2 Å². The Morgan fingerprint density at radius 1 is 1.00 bits per heavy atom. The largest absolute Gasteiger partial charge is 0.482 e. The third kappa shape index (κ3) is 5.60. The van der Waals surface area contributed by atoms with Crippen molar-refractivity contribution in [1.29, 1.82) is 0 Å². The van der Waals surface area contributed by atoms with Gasteiger partial charge in [0, 0.05) is 5.69 Å². The molecule has 5 nitrogen and oxygen atoms in total. The van der Waals surface area contributed by atoms with E-state index in [1.54, 1.807) is 25.1 Å². The number of esters is 1. The van der Waals surface area contributed by atoms with Crippen molar-refractivity contribution in [3.05, 3.63) is 58.9 Å². The number of carbonyl (C=O) groups excluding carboxylic acids is 2. The Labute approximate surface area is 145 Å². The number of hydrogen-bond acceptors (Lipinski definition) is 4. The van der Waals surface area contributed by atoms with Crippen LogP contribution >= 0.6 is 0 Å². The van der Waals surface area contributed by atoms with Crippen LogP contribution in [0.2, 0.25) is 0 Å². The fraction of sp³-hybridized carbons (Fsp3) is 0.263. The molecule has 0 fully saturated rings. The van der Waals surface area contributed by atoms with Crippen LogP contribution in [-0.4, -0.2) is 25.1 Å². The average Bonchev–Trinajstić information content (AvgIpc) is 2.55. The Morgan fingerprint density at radius 3 is 2.44 bits per heavy atom. The lowest BCUT2D eigenvalue weighted by Gasteiger charge is -2.10. The van der Waals surface area contributed by atoms with Crippen molar-refractivity contribution >= 4 is 17.6 Å². The monoisotopic (exact) mass is 345 g/mol. The van der Waals surface area contributed by atoms with Crippen molar-refractivity contribution in [1.82, 2.24) is 0 Å². The van der Waals surface area contributed by atoms with Gasteiger partial charge in [0.25, 0.3) is 5.91 Å². The zero-order valence-corrected chi connectivity index (χ0v) is 14.4. The molecule has 0 spiro atoms. The predicted octanol–water partition coefficient (Wildman–Crippen LogP) is 3.31. The molecule has 0 aromatic heterocycles. The van der Waals surface area contributed by atoms with Crippen LogP contribution in [0.25, 0.3) is 0 Å². The first-order chi connectivity index (χ1) is 11.8. The van der Waals surface area contributed by atoms with E-state index in [0.717, 1.165) is 11.1 Å². The highest BCUT2D eigenvalue weighted by Gasteiger charge is 2.10. The number of nitrogens with one attached hydrogen (secondary N) is 1. The van der Waals surface area contributed by atoms with Crippen LogP contribution in [0.5, 0.6) is 5.75 Å². The molecule has 25 heavy (non-hydrogen) atoms. The van der Waals surface area contributed by atoms with Crippen LogP contribution in [-0.2, 0) is 14.3 Å². The summed E-state index contributed by atoms with van der Waals surface area (Å²) in [5.41, 5.74) is 2.78. The van der Waals surface area contributed by atoms with Crippen molar-refractivity contribution in [2.24, 2.45) is 0 Å². The van der Waals surface area contributed by atoms with Crippen molar-refractivity contribution < 1.29 is 23.5 Å². The van der Waals surface area contributed by atoms with Gasteiger partial charge < -0.3 is 14.8 Å². The summed E-state index contributed by atoms with van der Waals surface area (Å²) in [6, 6.07) is 9.92. The number of rotatable bonds is 6. The van der Waals surface area contributed by atoms with Gasteiger partial charge in [-0.3, -0.25) is 4.79 Å². The Kier molecular flexibility index (Phi) is 6.11. The van der Waals surface area contributed by atoms with E-state index >= 15 is 0 Å². The smallest absolute Gasteiger partial charge is 0.344 e. The summed E-state index contributed by atoms with van der Waals surface area (Å²) in [5.74, 6) is -1.05. The van der Waals surface area contributed by atoms with Crippen LogP contribution in [0.15, 0.2) is 36.4 Å². The summed E-state index contributed by atoms with van der Waals surface area (Å²) < 4.78 is 23.6. The molecule has 0 radical (unpaired) electrons. The van der Waals surface area contributed by atoms with E-state index in [-0.39, 0.29) is 6.61 Å². The van der Waals surface area contributed by atoms with E-state index in [1.807, 2.05) is 26.0 Å². The van der Waals surface area contributed by atoms with Gasteiger partial charge in [-0.25, -0.2) is 9.18 Å². The quantitative estimate of drug-likeness (QED) is 0.816. The van der Waals surface area contributed by atoms with Crippen LogP contribution in [0.1, 0.15) is 16.7 Å². The molecule has 0 heterocycles. The van der Waals surface area contributed by atoms with Gasteiger partial charge in [0.2, 0.25) is 0 Å². The molecule has 2 aromatic carbocycles. The molecule has 1 N–H and O–H groups in total. The first-order valence-electron chi connectivity index (χ1n) is 7.77. The standard InChI is InChI=1S/C19H20FNO4/c1-12-4-7-17(14(3)8-12)24-11-19(23)25-10-18(22)21-15-6-5-13(2)16(20)9-15/h4-9H,10-11H2,1-3H3,(H,21,22). The zero-order valence-electron chi connectivity index (χ0n) is 14.4. The number of benzene rings is 2. The number of aryl methyl sites for hydroxylation is 3. The van der Waals surface area contributed by atoms with E-state index in [1.165, 1.54) is 6.07 Å². The molecule has 132 valence electrons. The van der Waals surface area contributed by atoms with Crippen LogP contribution in [0, 0.1) is 26.6 Å². The Balaban J connectivity index is 1.77. The highest BCUT2D eigenvalue weighted by molar-refractivity contribution is 5.92. The maximum atomic E-state index is 13.4. The lowest BCUT2D eigenvalue weighted by atomic mass is 10.1. The van der Waals surface area contributed by atoms with Crippen molar-refractivity contribution in [2.45, 2.75) is 20.8 Å². The molecule has 2 rings (SSSR count). The number of anilines is 1. The van der Waals surface area contributed by atoms with E-state index in [2.05, 4.69) is 5.32 Å². The van der Waals surface area contributed by atoms with E-state index in [4.69, 9.17) is 9.47 Å². The van der Waals surface area contributed by atoms with Crippen LogP contribution in [0.3, 0.4) is 0 Å². The Bertz CT molecular complexity index is 789. The molecule has 6 heteroatoms. The van der Waals surface area contributed by atoms with Crippen LogP contribution in [0.4, 0.5) is 10.1 Å². The molecule has 0 atom stereocenters. The molecule has 0 bridgehead atoms. The molecule has 0 saturated carbocycles. The average molecular weight is 345 g/mol. The van der Waals surface area contributed by atoms with Gasteiger partial charge in [-0.05, 0) is 50.1 Å². The lowest BCUT2D eigenvalue weighted by molar-refractivity contribution is -0.149. The van der Waals surface area contributed by atoms with E-state index < -0.39 is 24.3 Å². The summed E-state index contributed by atoms with van der Waals surface area (Å²) in [6.45, 7) is 4.70. The van der Waals surface area contributed by atoms with Gasteiger partial charge >= 0.3 is 5.97 Å². The molecular formula is C19H20FNO4. The first kappa shape index (κ1) is 18.4. The van der Waals surface area contributed by atoms with Gasteiger partial charge in [-0.1, -0.05) is 23.8 Å². The van der Waals surface area contributed by atoms with Crippen LogP contribution < -0.4 is 10.1 Å². The highest BCUT2D eigenvalue weighted by Crippen LogP contribution is 2.18. The van der Waals surface area contributed by atoms with Crippen molar-refractivity contribution in [2.75, 3.05) is 18.5 Å². The molecule has 0 saturated heterocycles. The summed E-state index contributed by atoms with van der Waals surface area (Å²) in [6.07, 6.45) is 0. The summed E-state index contributed by atoms with van der Waals surface area (Å²) >= 11 is 0. The number of carbonyl (C=O) groups is 2. The third-order valence-corrected chi connectivity index (χ3v) is 3.50. The normalized spacial score (nSPS) is 10.2. The third-order valence-electron chi connectivity index (χ3n) is 3.50. The Morgan fingerprint density at radius 2 is 1.76 bits per heavy atom. The SMILES string of the molecule is Cc1ccc(OCC(=O)OCC(=O)Nc2ccc(C)c(F)c2)c(C)c1. The number of ether oxygens (including phenoxy) is 2. The molecule has 0 aliphatic heterocycles. The van der Waals surface area contributed by atoms with Gasteiger partial charge in [-0.15, -0.1) is 0 Å². The fourth-order valence-corrected chi connectivity index (χ4v) is 2.15. The summed E-state index contributed by atoms with van der Waals surface area (Å²) in [7, 11) is 0. The van der Waals surface area contributed by atoms with Gasteiger partial charge in [-0.2, -0.15) is 0 Å². The number of amides is 1. The molecule has 1 amide bonds. The lowest BCUT2D eigenvalue weighted by Crippen LogP contribution is -2.23. The molecule has 0 unspecified atom stereocenters. The second kappa shape index (κ2) is 8.28. The van der Waals surface area contributed by atoms with Gasteiger partial charge in [0.05, 0.1) is 0 Å². The van der Waals surface area contributed by atoms with Crippen molar-refractivity contribution in [3.63, 3.8) is 0 Å². The predicted molar refractivity (Wildman–Crippen MR) is 92.1 cm³/mol. The van der Waals surface area contributed by atoms with E-state index in [9.17, 15) is 14.0 Å². The zero-order chi connectivity index (χ0) is 18.4. The maximum absolute atomic E-state index is 13.4.